The maximum Gasteiger partial charge on any atom is 0.222 e. The molecule has 3 nitrogen and oxygen atoms in total. The van der Waals surface area contributed by atoms with Gasteiger partial charge in [0.1, 0.15) is 0 Å². The van der Waals surface area contributed by atoms with Crippen molar-refractivity contribution in [1.82, 2.24) is 5.32 Å². The molecule has 1 aliphatic rings. The molecule has 3 heteroatoms. The van der Waals surface area contributed by atoms with Gasteiger partial charge in [0.05, 0.1) is 6.10 Å². The van der Waals surface area contributed by atoms with E-state index in [0.29, 0.717) is 5.92 Å². The largest absolute Gasteiger partial charge is 0.393 e. The van der Waals surface area contributed by atoms with Crippen molar-refractivity contribution in [3.05, 3.63) is 0 Å². The minimum absolute atomic E-state index is 0.0529. The van der Waals surface area contributed by atoms with Gasteiger partial charge in [0.2, 0.25) is 5.91 Å². The van der Waals surface area contributed by atoms with Gasteiger partial charge in [0.25, 0.3) is 0 Å². The van der Waals surface area contributed by atoms with Crippen LogP contribution in [0.3, 0.4) is 0 Å². The first kappa shape index (κ1) is 11.5. The minimum atomic E-state index is -0.179. The lowest BCUT2D eigenvalue weighted by atomic mass is 9.84. The fourth-order valence-corrected chi connectivity index (χ4v) is 1.88. The van der Waals surface area contributed by atoms with Crippen LogP contribution in [-0.2, 0) is 4.79 Å². The minimum Gasteiger partial charge on any atom is -0.393 e. The average molecular weight is 199 g/mol. The highest BCUT2D eigenvalue weighted by Gasteiger charge is 2.27. The van der Waals surface area contributed by atoms with Crippen LogP contribution in [0.2, 0.25) is 0 Å². The van der Waals surface area contributed by atoms with E-state index < -0.39 is 0 Å². The first-order chi connectivity index (χ1) is 6.50. The summed E-state index contributed by atoms with van der Waals surface area (Å²) in [6, 6.07) is 0.267. The Hall–Kier alpha value is -0.570. The highest BCUT2D eigenvalue weighted by atomic mass is 16.3. The third-order valence-electron chi connectivity index (χ3n) is 2.99. The second-order valence-corrected chi connectivity index (χ2v) is 4.72. The van der Waals surface area contributed by atoms with Crippen LogP contribution in [0.1, 0.15) is 40.0 Å². The molecule has 14 heavy (non-hydrogen) atoms. The van der Waals surface area contributed by atoms with Crippen LogP contribution in [0.25, 0.3) is 0 Å². The molecule has 0 aromatic heterocycles. The van der Waals surface area contributed by atoms with Crippen LogP contribution in [0.5, 0.6) is 0 Å². The SMILES string of the molecule is CC(C)C(=O)N[C@@H]1CC[C@H](O)C(C)C1. The first-order valence-electron chi connectivity index (χ1n) is 5.49. The third-order valence-corrected chi connectivity index (χ3v) is 2.99. The molecule has 1 unspecified atom stereocenters. The summed E-state index contributed by atoms with van der Waals surface area (Å²) in [6.07, 6.45) is 2.44. The summed E-state index contributed by atoms with van der Waals surface area (Å²) < 4.78 is 0. The normalized spacial score (nSPS) is 33.1. The number of aliphatic hydroxyl groups excluding tert-OH is 1. The molecule has 82 valence electrons. The van der Waals surface area contributed by atoms with Crippen LogP contribution in [-0.4, -0.2) is 23.2 Å². The molecule has 1 fully saturated rings. The van der Waals surface area contributed by atoms with Crippen LogP contribution >= 0.6 is 0 Å². The summed E-state index contributed by atoms with van der Waals surface area (Å²) in [7, 11) is 0. The topological polar surface area (TPSA) is 49.3 Å². The molecular weight excluding hydrogens is 178 g/mol. The second kappa shape index (κ2) is 4.78. The number of hydrogen-bond acceptors (Lipinski definition) is 2. The Balaban J connectivity index is 2.37. The molecule has 1 amide bonds. The van der Waals surface area contributed by atoms with E-state index in [0.717, 1.165) is 19.3 Å². The van der Waals surface area contributed by atoms with Crippen LogP contribution in [0, 0.1) is 11.8 Å². The Labute approximate surface area is 85.9 Å². The highest BCUT2D eigenvalue weighted by Crippen LogP contribution is 2.24. The number of hydrogen-bond donors (Lipinski definition) is 2. The number of amides is 1. The molecule has 1 rings (SSSR count). The first-order valence-corrected chi connectivity index (χ1v) is 5.49. The molecule has 2 N–H and O–H groups in total. The smallest absolute Gasteiger partial charge is 0.222 e. The zero-order chi connectivity index (χ0) is 10.7. The molecule has 0 aliphatic heterocycles. The van der Waals surface area contributed by atoms with Gasteiger partial charge < -0.3 is 10.4 Å². The fraction of sp³-hybridized carbons (Fsp3) is 0.909. The van der Waals surface area contributed by atoms with Crippen LogP contribution < -0.4 is 5.32 Å². The van der Waals surface area contributed by atoms with E-state index in [1.807, 2.05) is 20.8 Å². The number of aliphatic hydroxyl groups is 1. The lowest BCUT2D eigenvalue weighted by Crippen LogP contribution is -2.43. The molecule has 1 aliphatic carbocycles. The predicted molar refractivity (Wildman–Crippen MR) is 55.8 cm³/mol. The van der Waals surface area contributed by atoms with Crippen LogP contribution in [0.15, 0.2) is 0 Å². The standard InChI is InChI=1S/C11H21NO2/c1-7(2)11(14)12-9-4-5-10(13)8(3)6-9/h7-10,13H,4-6H2,1-3H3,(H,12,14)/t8?,9-,10+/m1/s1. The summed E-state index contributed by atoms with van der Waals surface area (Å²) >= 11 is 0. The van der Waals surface area contributed by atoms with Crippen LogP contribution in [0.4, 0.5) is 0 Å². The van der Waals surface area contributed by atoms with Crippen molar-refractivity contribution in [2.75, 3.05) is 0 Å². The zero-order valence-electron chi connectivity index (χ0n) is 9.29. The number of carbonyl (C=O) groups is 1. The third kappa shape index (κ3) is 2.98. The summed E-state index contributed by atoms with van der Waals surface area (Å²) in [5.41, 5.74) is 0. The van der Waals surface area contributed by atoms with Crippen molar-refractivity contribution in [3.8, 4) is 0 Å². The molecule has 0 heterocycles. The van der Waals surface area contributed by atoms with Gasteiger partial charge in [-0.3, -0.25) is 4.79 Å². The molecule has 0 radical (unpaired) electrons. The quantitative estimate of drug-likeness (QED) is 0.704. The monoisotopic (exact) mass is 199 g/mol. The van der Waals surface area contributed by atoms with Crippen molar-refractivity contribution in [2.24, 2.45) is 11.8 Å². The fourth-order valence-electron chi connectivity index (χ4n) is 1.88. The molecule has 1 saturated carbocycles. The van der Waals surface area contributed by atoms with Gasteiger partial charge in [-0.1, -0.05) is 20.8 Å². The van der Waals surface area contributed by atoms with E-state index in [4.69, 9.17) is 0 Å². The highest BCUT2D eigenvalue weighted by molar-refractivity contribution is 5.78. The van der Waals surface area contributed by atoms with Gasteiger partial charge in [-0.25, -0.2) is 0 Å². The van der Waals surface area contributed by atoms with Gasteiger partial charge in [0.15, 0.2) is 0 Å². The lowest BCUT2D eigenvalue weighted by molar-refractivity contribution is -0.125. The Bertz CT molecular complexity index is 203. The molecule has 0 spiro atoms. The lowest BCUT2D eigenvalue weighted by Gasteiger charge is -2.31. The van der Waals surface area contributed by atoms with Crippen molar-refractivity contribution >= 4 is 5.91 Å². The average Bonchev–Trinajstić information content (AvgIpc) is 2.11. The molecule has 0 saturated heterocycles. The van der Waals surface area contributed by atoms with Gasteiger partial charge in [-0.2, -0.15) is 0 Å². The Morgan fingerprint density at radius 1 is 1.43 bits per heavy atom. The summed E-state index contributed by atoms with van der Waals surface area (Å²) in [5, 5.41) is 12.5. The predicted octanol–water partition coefficient (Wildman–Crippen LogP) is 1.31. The van der Waals surface area contributed by atoms with Gasteiger partial charge in [-0.15, -0.1) is 0 Å². The molecule has 0 aromatic rings. The Morgan fingerprint density at radius 3 is 2.57 bits per heavy atom. The van der Waals surface area contributed by atoms with Gasteiger partial charge in [-0.05, 0) is 25.2 Å². The summed E-state index contributed by atoms with van der Waals surface area (Å²) in [4.78, 5) is 11.4. The molecule has 0 bridgehead atoms. The maximum atomic E-state index is 11.4. The molecular formula is C11H21NO2. The van der Waals surface area contributed by atoms with E-state index in [1.165, 1.54) is 0 Å². The maximum absolute atomic E-state index is 11.4. The van der Waals surface area contributed by atoms with Gasteiger partial charge >= 0.3 is 0 Å². The number of rotatable bonds is 2. The van der Waals surface area contributed by atoms with E-state index in [-0.39, 0.29) is 24.0 Å². The zero-order valence-corrected chi connectivity index (χ0v) is 9.29. The van der Waals surface area contributed by atoms with E-state index in [9.17, 15) is 9.90 Å². The second-order valence-electron chi connectivity index (χ2n) is 4.72. The molecule has 3 atom stereocenters. The van der Waals surface area contributed by atoms with Crippen molar-refractivity contribution in [2.45, 2.75) is 52.2 Å². The number of carbonyl (C=O) groups excluding carboxylic acids is 1. The number of nitrogens with one attached hydrogen (secondary N) is 1. The summed E-state index contributed by atoms with van der Waals surface area (Å²) in [6.45, 7) is 5.84. The Kier molecular flexibility index (Phi) is 3.93. The van der Waals surface area contributed by atoms with Crippen molar-refractivity contribution < 1.29 is 9.90 Å². The van der Waals surface area contributed by atoms with E-state index in [1.54, 1.807) is 0 Å². The van der Waals surface area contributed by atoms with Crippen molar-refractivity contribution in [3.63, 3.8) is 0 Å². The molecule has 0 aromatic carbocycles. The Morgan fingerprint density at radius 2 is 2.07 bits per heavy atom. The van der Waals surface area contributed by atoms with Crippen molar-refractivity contribution in [1.29, 1.82) is 0 Å². The van der Waals surface area contributed by atoms with Gasteiger partial charge in [0, 0.05) is 12.0 Å². The van der Waals surface area contributed by atoms with E-state index >= 15 is 0 Å². The van der Waals surface area contributed by atoms with E-state index in [2.05, 4.69) is 5.32 Å². The summed E-state index contributed by atoms with van der Waals surface area (Å²) in [5.74, 6) is 0.483.